The van der Waals surface area contributed by atoms with Gasteiger partial charge in [0.15, 0.2) is 9.84 Å². The molecule has 11 nitrogen and oxygen atoms in total. The van der Waals surface area contributed by atoms with Crippen molar-refractivity contribution in [2.75, 3.05) is 0 Å². The second-order valence-corrected chi connectivity index (χ2v) is 19.0. The molecule has 22 heteroatoms. The highest BCUT2D eigenvalue weighted by Crippen LogP contribution is 2.33. The summed E-state index contributed by atoms with van der Waals surface area (Å²) in [4.78, 5) is 24.6. The van der Waals surface area contributed by atoms with Crippen LogP contribution in [0.2, 0.25) is 10.0 Å². The Morgan fingerprint density at radius 2 is 1.06 bits per heavy atom. The number of benzene rings is 5. The van der Waals surface area contributed by atoms with E-state index < -0.39 is 65.2 Å². The summed E-state index contributed by atoms with van der Waals surface area (Å²) in [6.07, 6.45) is 1.33. The molecule has 0 bridgehead atoms. The quantitative estimate of drug-likeness (QED) is 0.0628. The number of rotatable bonds is 8. The fourth-order valence-electron chi connectivity index (χ4n) is 6.03. The van der Waals surface area contributed by atoms with Gasteiger partial charge in [-0.2, -0.15) is 17.2 Å². The Bertz CT molecular complexity index is 3440. The van der Waals surface area contributed by atoms with Crippen LogP contribution in [-0.4, -0.2) is 31.1 Å². The first kappa shape index (κ1) is 44.7. The maximum absolute atomic E-state index is 13.9. The van der Waals surface area contributed by atoms with Crippen molar-refractivity contribution in [3.63, 3.8) is 0 Å². The zero-order valence-corrected chi connectivity index (χ0v) is 36.7. The number of fused-ring (bicyclic) bond motifs is 2. The molecular weight excluding hydrogens is 1040 g/mol. The molecule has 0 saturated carbocycles. The summed E-state index contributed by atoms with van der Waals surface area (Å²) in [5.74, 6) is -14.3. The fourth-order valence-corrected chi connectivity index (χ4v) is 10.00. The van der Waals surface area contributed by atoms with Crippen LogP contribution in [0.3, 0.4) is 0 Å². The molecule has 0 atom stereocenters. The van der Waals surface area contributed by atoms with E-state index in [1.165, 1.54) is 51.8 Å². The fraction of sp³-hybridized carbons (Fsp3) is 0.0250. The van der Waals surface area contributed by atoms with E-state index in [-0.39, 0.29) is 27.1 Å². The number of nitrogens with zero attached hydrogens (tertiary/aromatic N) is 3. The van der Waals surface area contributed by atoms with Gasteiger partial charge < -0.3 is 8.71 Å². The molecule has 3 aromatic heterocycles. The maximum atomic E-state index is 13.9. The maximum Gasteiger partial charge on any atom is 0.339 e. The van der Waals surface area contributed by atoms with Crippen LogP contribution in [0.25, 0.3) is 33.2 Å². The van der Waals surface area contributed by atoms with Crippen molar-refractivity contribution in [2.24, 2.45) is 0 Å². The standard InChI is InChI=1S/C21H8BrClF5NO4S.C19H12BrClN2O4S/c22-12-8-10(23)2-4-14(12)29-13-5-3-11(7-9(13)1-6-15(29)30)34(31,32)33-21-19(27)17(25)16(24)18(26)20(21)28;20-16-10-13(21)2-4-18(16)23-17-5-3-15(9-12(17)1-6-19(23)24)28(25,26)11-14-7-8-27-22-14/h1-8H;1-10H,11H2. The van der Waals surface area contributed by atoms with E-state index in [0.717, 1.165) is 18.2 Å². The molecule has 0 saturated heterocycles. The lowest BCUT2D eigenvalue weighted by atomic mass is 10.2. The first-order chi connectivity index (χ1) is 29.3. The minimum absolute atomic E-state index is 0.142. The molecule has 0 amide bonds. The average molecular weight is 1060 g/mol. The van der Waals surface area contributed by atoms with Gasteiger partial charge in [0.25, 0.3) is 11.1 Å². The van der Waals surface area contributed by atoms with Crippen molar-refractivity contribution in [3.8, 4) is 17.1 Å². The van der Waals surface area contributed by atoms with E-state index in [0.29, 0.717) is 47.0 Å². The Labute approximate surface area is 372 Å². The third-order valence-corrected chi connectivity index (χ3v) is 13.5. The van der Waals surface area contributed by atoms with Gasteiger partial charge in [0.05, 0.1) is 33.0 Å². The number of hydrogen-bond acceptors (Lipinski definition) is 9. The van der Waals surface area contributed by atoms with Crippen molar-refractivity contribution in [2.45, 2.75) is 15.5 Å². The summed E-state index contributed by atoms with van der Waals surface area (Å²) in [5, 5.41) is 5.38. The summed E-state index contributed by atoms with van der Waals surface area (Å²) in [6, 6.07) is 24.5. The first-order valence-electron chi connectivity index (χ1n) is 17.1. The number of halogens is 9. The zero-order valence-electron chi connectivity index (χ0n) is 30.4. The molecule has 0 aliphatic rings. The Hall–Kier alpha value is -5.38. The van der Waals surface area contributed by atoms with E-state index >= 15 is 0 Å². The molecule has 5 aromatic carbocycles. The van der Waals surface area contributed by atoms with E-state index in [9.17, 15) is 48.4 Å². The van der Waals surface area contributed by atoms with Gasteiger partial charge in [-0.05, 0) is 117 Å². The molecule has 0 aliphatic carbocycles. The van der Waals surface area contributed by atoms with Crippen LogP contribution in [0.5, 0.6) is 5.75 Å². The van der Waals surface area contributed by atoms with Crippen molar-refractivity contribution >= 4 is 96.8 Å². The molecule has 318 valence electrons. The van der Waals surface area contributed by atoms with Crippen molar-refractivity contribution in [1.29, 1.82) is 0 Å². The van der Waals surface area contributed by atoms with Crippen LogP contribution in [0, 0.1) is 29.1 Å². The van der Waals surface area contributed by atoms with Gasteiger partial charge in [-0.3, -0.25) is 18.7 Å². The van der Waals surface area contributed by atoms with Crippen LogP contribution in [0.1, 0.15) is 5.69 Å². The Morgan fingerprint density at radius 1 is 0.597 bits per heavy atom. The van der Waals surface area contributed by atoms with E-state index in [1.54, 1.807) is 48.5 Å². The smallest absolute Gasteiger partial charge is 0.339 e. The summed E-state index contributed by atoms with van der Waals surface area (Å²) < 4.78 is 131. The Balaban J connectivity index is 0.000000190. The lowest BCUT2D eigenvalue weighted by Crippen LogP contribution is -2.18. The number of sulfone groups is 1. The van der Waals surface area contributed by atoms with Crippen molar-refractivity contribution in [3.05, 3.63) is 184 Å². The van der Waals surface area contributed by atoms with Crippen LogP contribution in [0.4, 0.5) is 22.0 Å². The summed E-state index contributed by atoms with van der Waals surface area (Å²) in [6.45, 7) is 0. The highest BCUT2D eigenvalue weighted by Gasteiger charge is 2.31. The van der Waals surface area contributed by atoms with Gasteiger partial charge in [-0.25, -0.2) is 21.6 Å². The molecule has 62 heavy (non-hydrogen) atoms. The molecule has 0 fully saturated rings. The molecule has 0 spiro atoms. The highest BCUT2D eigenvalue weighted by molar-refractivity contribution is 9.11. The third kappa shape index (κ3) is 8.80. The Kier molecular flexibility index (Phi) is 12.5. The van der Waals surface area contributed by atoms with Crippen LogP contribution in [-0.2, 0) is 25.7 Å². The van der Waals surface area contributed by atoms with Gasteiger partial charge in [0.2, 0.25) is 34.8 Å². The molecule has 0 N–H and O–H groups in total. The van der Waals surface area contributed by atoms with Gasteiger partial charge in [0, 0.05) is 48.0 Å². The Morgan fingerprint density at radius 3 is 1.53 bits per heavy atom. The van der Waals surface area contributed by atoms with Crippen molar-refractivity contribution in [1.82, 2.24) is 14.3 Å². The molecule has 3 heterocycles. The van der Waals surface area contributed by atoms with Gasteiger partial charge >= 0.3 is 10.1 Å². The summed E-state index contributed by atoms with van der Waals surface area (Å²) in [7, 11) is -8.66. The molecular formula is C40H20Br2Cl2F5N3O8S2. The number of hydrogen-bond donors (Lipinski definition) is 0. The lowest BCUT2D eigenvalue weighted by molar-refractivity contribution is 0.346. The van der Waals surface area contributed by atoms with E-state index in [4.69, 9.17) is 27.7 Å². The summed E-state index contributed by atoms with van der Waals surface area (Å²) in [5.41, 5.74) is 1.43. The SMILES string of the molecule is O=c1ccc2cc(S(=O)(=O)Cc3ccon3)ccc2n1-c1ccc(Cl)cc1Br.O=c1ccc2cc(S(=O)(=O)Oc3c(F)c(F)c(F)c(F)c3F)ccc2n1-c1ccc(Cl)cc1Br. The molecule has 8 aromatic rings. The average Bonchev–Trinajstić information content (AvgIpc) is 3.74. The number of pyridine rings is 2. The summed E-state index contributed by atoms with van der Waals surface area (Å²) >= 11 is 18.7. The normalized spacial score (nSPS) is 11.8. The second-order valence-electron chi connectivity index (χ2n) is 12.8. The highest BCUT2D eigenvalue weighted by atomic mass is 79.9. The number of aromatic nitrogens is 3. The second kappa shape index (κ2) is 17.4. The van der Waals surface area contributed by atoms with Crippen LogP contribution < -0.4 is 15.3 Å². The lowest BCUT2D eigenvalue weighted by Gasteiger charge is -2.14. The molecule has 0 unspecified atom stereocenters. The predicted molar refractivity (Wildman–Crippen MR) is 226 cm³/mol. The van der Waals surface area contributed by atoms with Crippen LogP contribution in [0.15, 0.2) is 142 Å². The van der Waals surface area contributed by atoms with Gasteiger partial charge in [-0.15, -0.1) is 0 Å². The largest absolute Gasteiger partial charge is 0.372 e. The zero-order chi connectivity index (χ0) is 44.8. The van der Waals surface area contributed by atoms with E-state index in [2.05, 4.69) is 41.2 Å². The van der Waals surface area contributed by atoms with Crippen LogP contribution >= 0.6 is 55.1 Å². The third-order valence-electron chi connectivity index (χ3n) is 8.87. The molecule has 8 rings (SSSR count). The van der Waals surface area contributed by atoms with Gasteiger partial charge in [-0.1, -0.05) is 28.4 Å². The predicted octanol–water partition coefficient (Wildman–Crippen LogP) is 10.2. The minimum Gasteiger partial charge on any atom is -0.372 e. The monoisotopic (exact) mass is 1060 g/mol. The van der Waals surface area contributed by atoms with Crippen molar-refractivity contribution < 1.29 is 47.5 Å². The molecule has 0 radical (unpaired) electrons. The van der Waals surface area contributed by atoms with Gasteiger partial charge in [0.1, 0.15) is 16.9 Å². The minimum atomic E-state index is -5.05. The topological polar surface area (TPSA) is 148 Å². The molecule has 0 aliphatic heterocycles. The first-order valence-corrected chi connectivity index (χ1v) is 22.5. The van der Waals surface area contributed by atoms with E-state index in [1.807, 2.05) is 0 Å².